The Balaban J connectivity index is 4.69. The lowest BCUT2D eigenvalue weighted by molar-refractivity contribution is -0.161. The van der Waals surface area contributed by atoms with E-state index in [1.807, 2.05) is 0 Å². The average molecular weight is 202 g/mol. The number of nitrogens with two attached hydrogens (primary N) is 1. The summed E-state index contributed by atoms with van der Waals surface area (Å²) in [5.41, 5.74) is 3.68. The molecular weight excluding hydrogens is 184 g/mol. The third-order valence-corrected chi connectivity index (χ3v) is 1.66. The van der Waals surface area contributed by atoms with Crippen LogP contribution in [0, 0.1) is 5.41 Å². The van der Waals surface area contributed by atoms with E-state index in [4.69, 9.17) is 15.7 Å². The first-order valence-corrected chi connectivity index (χ1v) is 4.32. The third-order valence-electron chi connectivity index (χ3n) is 1.66. The number of carbonyl (C=O) groups excluding carboxylic acids is 1. The van der Waals surface area contributed by atoms with Crippen LogP contribution in [0.2, 0.25) is 0 Å². The number of ether oxygens (including phenoxy) is 1. The summed E-state index contributed by atoms with van der Waals surface area (Å²) >= 11 is 0. The Hall–Kier alpha value is -1.26. The topological polar surface area (TPSA) is 84.9 Å². The van der Waals surface area contributed by atoms with Crippen molar-refractivity contribution in [3.05, 3.63) is 0 Å². The molecule has 0 heterocycles. The molecule has 82 valence electrons. The highest BCUT2D eigenvalue weighted by Crippen LogP contribution is 2.21. The molecule has 0 amide bonds. The lowest BCUT2D eigenvalue weighted by atomic mass is 9.92. The standard InChI is InChI=1S/C9H18N2O3/c1-8(2,3)14-7(12)9(4,5)6(10)11-13/h13H,1-5H3,(H2,10,11). The van der Waals surface area contributed by atoms with E-state index in [2.05, 4.69) is 5.16 Å². The Kier molecular flexibility index (Phi) is 3.51. The van der Waals surface area contributed by atoms with Crippen molar-refractivity contribution in [1.29, 1.82) is 0 Å². The second-order valence-electron chi connectivity index (χ2n) is 4.61. The lowest BCUT2D eigenvalue weighted by Crippen LogP contribution is -2.43. The predicted octanol–water partition coefficient (Wildman–Crippen LogP) is 1.10. The Bertz CT molecular complexity index is 251. The van der Waals surface area contributed by atoms with Gasteiger partial charge < -0.3 is 15.7 Å². The molecule has 0 saturated carbocycles. The largest absolute Gasteiger partial charge is 0.459 e. The van der Waals surface area contributed by atoms with Gasteiger partial charge in [-0.05, 0) is 34.6 Å². The molecule has 0 radical (unpaired) electrons. The molecule has 0 aliphatic rings. The summed E-state index contributed by atoms with van der Waals surface area (Å²) in [4.78, 5) is 11.6. The van der Waals surface area contributed by atoms with Crippen molar-refractivity contribution >= 4 is 11.8 Å². The highest BCUT2D eigenvalue weighted by atomic mass is 16.6. The van der Waals surface area contributed by atoms with Crippen molar-refractivity contribution < 1.29 is 14.7 Å². The van der Waals surface area contributed by atoms with Gasteiger partial charge in [0.05, 0.1) is 0 Å². The van der Waals surface area contributed by atoms with Gasteiger partial charge in [-0.2, -0.15) is 0 Å². The van der Waals surface area contributed by atoms with Crippen molar-refractivity contribution in [2.45, 2.75) is 40.2 Å². The van der Waals surface area contributed by atoms with Crippen molar-refractivity contribution in [3.63, 3.8) is 0 Å². The summed E-state index contributed by atoms with van der Waals surface area (Å²) in [5.74, 6) is -0.674. The van der Waals surface area contributed by atoms with Crippen molar-refractivity contribution in [3.8, 4) is 0 Å². The average Bonchev–Trinajstić information content (AvgIpc) is 1.99. The van der Waals surface area contributed by atoms with Crippen LogP contribution in [0.25, 0.3) is 0 Å². The smallest absolute Gasteiger partial charge is 0.319 e. The van der Waals surface area contributed by atoms with E-state index in [-0.39, 0.29) is 5.84 Å². The molecule has 0 aliphatic heterocycles. The molecule has 0 aliphatic carbocycles. The van der Waals surface area contributed by atoms with Gasteiger partial charge in [0.1, 0.15) is 11.0 Å². The second-order valence-corrected chi connectivity index (χ2v) is 4.61. The van der Waals surface area contributed by atoms with Crippen LogP contribution in [0.4, 0.5) is 0 Å². The molecule has 14 heavy (non-hydrogen) atoms. The molecule has 0 aromatic rings. The summed E-state index contributed by atoms with van der Waals surface area (Å²) in [6, 6.07) is 0. The second kappa shape index (κ2) is 3.86. The van der Waals surface area contributed by atoms with E-state index >= 15 is 0 Å². The van der Waals surface area contributed by atoms with Crippen LogP contribution in [0.3, 0.4) is 0 Å². The van der Waals surface area contributed by atoms with E-state index in [1.54, 1.807) is 20.8 Å². The molecule has 0 unspecified atom stereocenters. The van der Waals surface area contributed by atoms with Gasteiger partial charge in [-0.15, -0.1) is 0 Å². The fraction of sp³-hybridized carbons (Fsp3) is 0.778. The SMILES string of the molecule is CC(C)(C)OC(=O)C(C)(C)C(N)=NO. The molecule has 0 spiro atoms. The summed E-state index contributed by atoms with van der Waals surface area (Å²) in [6.07, 6.45) is 0. The van der Waals surface area contributed by atoms with E-state index < -0.39 is 17.0 Å². The van der Waals surface area contributed by atoms with Gasteiger partial charge in [0.15, 0.2) is 5.84 Å². The number of oxime groups is 1. The molecule has 5 heteroatoms. The molecule has 0 aromatic carbocycles. The van der Waals surface area contributed by atoms with Gasteiger partial charge >= 0.3 is 5.97 Å². The van der Waals surface area contributed by atoms with Gasteiger partial charge in [0.2, 0.25) is 0 Å². The zero-order valence-electron chi connectivity index (χ0n) is 9.29. The number of hydrogen-bond donors (Lipinski definition) is 2. The maximum Gasteiger partial charge on any atom is 0.319 e. The first-order valence-electron chi connectivity index (χ1n) is 4.32. The molecule has 0 bridgehead atoms. The van der Waals surface area contributed by atoms with Crippen LogP contribution in [0.15, 0.2) is 5.16 Å². The van der Waals surface area contributed by atoms with Crippen LogP contribution in [0.1, 0.15) is 34.6 Å². The van der Waals surface area contributed by atoms with Crippen molar-refractivity contribution in [2.75, 3.05) is 0 Å². The minimum Gasteiger partial charge on any atom is -0.459 e. The van der Waals surface area contributed by atoms with Gasteiger partial charge in [0.25, 0.3) is 0 Å². The van der Waals surface area contributed by atoms with E-state index in [9.17, 15) is 4.79 Å². The summed E-state index contributed by atoms with van der Waals surface area (Å²) in [7, 11) is 0. The van der Waals surface area contributed by atoms with Crippen LogP contribution < -0.4 is 5.73 Å². The first kappa shape index (κ1) is 12.7. The summed E-state index contributed by atoms with van der Waals surface area (Å²) in [5, 5.41) is 11.3. The van der Waals surface area contributed by atoms with Crippen LogP contribution in [-0.2, 0) is 9.53 Å². The number of amidine groups is 1. The predicted molar refractivity (Wildman–Crippen MR) is 53.0 cm³/mol. The van der Waals surface area contributed by atoms with E-state index in [1.165, 1.54) is 13.8 Å². The highest BCUT2D eigenvalue weighted by molar-refractivity contribution is 6.03. The Labute approximate surface area is 83.9 Å². The monoisotopic (exact) mass is 202 g/mol. The molecule has 0 aromatic heterocycles. The van der Waals surface area contributed by atoms with Gasteiger partial charge in [-0.3, -0.25) is 4.79 Å². The molecule has 5 nitrogen and oxygen atoms in total. The van der Waals surface area contributed by atoms with Crippen LogP contribution >= 0.6 is 0 Å². The number of carbonyl (C=O) groups is 1. The normalized spacial score (nSPS) is 13.9. The maximum absolute atomic E-state index is 11.6. The fourth-order valence-electron chi connectivity index (χ4n) is 0.635. The summed E-state index contributed by atoms with van der Waals surface area (Å²) in [6.45, 7) is 8.35. The lowest BCUT2D eigenvalue weighted by Gasteiger charge is -2.27. The number of hydrogen-bond acceptors (Lipinski definition) is 4. The Morgan fingerprint density at radius 3 is 2.00 bits per heavy atom. The molecule has 0 fully saturated rings. The molecule has 3 N–H and O–H groups in total. The Morgan fingerprint density at radius 1 is 1.29 bits per heavy atom. The zero-order valence-corrected chi connectivity index (χ0v) is 9.29. The third kappa shape index (κ3) is 3.24. The number of nitrogens with zero attached hydrogens (tertiary/aromatic N) is 1. The summed E-state index contributed by atoms with van der Waals surface area (Å²) < 4.78 is 5.11. The molecular formula is C9H18N2O3. The van der Waals surface area contributed by atoms with Crippen LogP contribution in [-0.4, -0.2) is 22.6 Å². The number of esters is 1. The highest BCUT2D eigenvalue weighted by Gasteiger charge is 2.36. The molecule has 0 saturated heterocycles. The van der Waals surface area contributed by atoms with Crippen molar-refractivity contribution in [1.82, 2.24) is 0 Å². The first-order chi connectivity index (χ1) is 6.11. The molecule has 0 rings (SSSR count). The van der Waals surface area contributed by atoms with Gasteiger partial charge in [0, 0.05) is 0 Å². The zero-order chi connectivity index (χ0) is 11.6. The quantitative estimate of drug-likeness (QED) is 0.231. The van der Waals surface area contributed by atoms with Crippen LogP contribution in [0.5, 0.6) is 0 Å². The van der Waals surface area contributed by atoms with Gasteiger partial charge in [-0.1, -0.05) is 5.16 Å². The van der Waals surface area contributed by atoms with E-state index in [0.717, 1.165) is 0 Å². The van der Waals surface area contributed by atoms with Gasteiger partial charge in [-0.25, -0.2) is 0 Å². The number of rotatable bonds is 2. The van der Waals surface area contributed by atoms with Crippen molar-refractivity contribution in [2.24, 2.45) is 16.3 Å². The minimum atomic E-state index is -1.11. The maximum atomic E-state index is 11.6. The molecule has 0 atom stereocenters. The Morgan fingerprint density at radius 2 is 1.71 bits per heavy atom. The fourth-order valence-corrected chi connectivity index (χ4v) is 0.635. The van der Waals surface area contributed by atoms with E-state index in [0.29, 0.717) is 0 Å². The minimum absolute atomic E-state index is 0.160.